The van der Waals surface area contributed by atoms with Gasteiger partial charge in [0.2, 0.25) is 10.0 Å². The minimum atomic E-state index is -3.59. The van der Waals surface area contributed by atoms with Crippen molar-refractivity contribution in [1.82, 2.24) is 4.72 Å². The van der Waals surface area contributed by atoms with E-state index in [0.29, 0.717) is 17.9 Å². The molecule has 6 heteroatoms. The summed E-state index contributed by atoms with van der Waals surface area (Å²) in [6.45, 7) is 0. The molecule has 21 heavy (non-hydrogen) atoms. The summed E-state index contributed by atoms with van der Waals surface area (Å²) in [5.74, 6) is 0. The van der Waals surface area contributed by atoms with Crippen LogP contribution < -0.4 is 4.72 Å². The Morgan fingerprint density at radius 1 is 0.952 bits per heavy atom. The minimum absolute atomic E-state index is 0.123. The molecule has 110 valence electrons. The van der Waals surface area contributed by atoms with Crippen molar-refractivity contribution in [2.75, 3.05) is 0 Å². The van der Waals surface area contributed by atoms with E-state index in [1.54, 1.807) is 0 Å². The number of sulfonamides is 1. The lowest BCUT2D eigenvalue weighted by Gasteiger charge is -2.13. The molecular weight excluding hydrogens is 329 g/mol. The van der Waals surface area contributed by atoms with Gasteiger partial charge in [0.05, 0.1) is 14.9 Å². The van der Waals surface area contributed by atoms with E-state index in [2.05, 4.69) is 4.72 Å². The Hall–Kier alpha value is -1.07. The predicted octanol–water partition coefficient (Wildman–Crippen LogP) is 3.44. The average Bonchev–Trinajstić information content (AvgIpc) is 2.82. The highest BCUT2D eigenvalue weighted by molar-refractivity contribution is 7.89. The molecule has 0 bridgehead atoms. The summed E-state index contributed by atoms with van der Waals surface area (Å²) < 4.78 is 27.5. The summed E-state index contributed by atoms with van der Waals surface area (Å²) >= 11 is 11.7. The van der Waals surface area contributed by atoms with Crippen LogP contribution in [-0.2, 0) is 22.9 Å². The van der Waals surface area contributed by atoms with E-state index in [4.69, 9.17) is 23.2 Å². The second-order valence-corrected chi connectivity index (χ2v) is 7.60. The highest BCUT2D eigenvalue weighted by atomic mass is 35.5. The molecule has 2 aromatic carbocycles. The maximum absolute atomic E-state index is 12.4. The monoisotopic (exact) mass is 341 g/mol. The summed E-state index contributed by atoms with van der Waals surface area (Å²) in [5, 5.41) is 0.568. The van der Waals surface area contributed by atoms with E-state index in [-0.39, 0.29) is 16.0 Å². The molecular formula is C15H13Cl2NO2S. The van der Waals surface area contributed by atoms with Crippen molar-refractivity contribution >= 4 is 33.2 Å². The maximum atomic E-state index is 12.4. The van der Waals surface area contributed by atoms with Gasteiger partial charge in [-0.1, -0.05) is 47.5 Å². The van der Waals surface area contributed by atoms with Crippen molar-refractivity contribution in [2.24, 2.45) is 0 Å². The predicted molar refractivity (Wildman–Crippen MR) is 84.4 cm³/mol. The van der Waals surface area contributed by atoms with E-state index >= 15 is 0 Å². The van der Waals surface area contributed by atoms with Crippen LogP contribution in [0.3, 0.4) is 0 Å². The maximum Gasteiger partial charge on any atom is 0.240 e. The van der Waals surface area contributed by atoms with E-state index in [1.165, 1.54) is 29.3 Å². The summed E-state index contributed by atoms with van der Waals surface area (Å²) in [5.41, 5.74) is 2.39. The van der Waals surface area contributed by atoms with Crippen molar-refractivity contribution < 1.29 is 8.42 Å². The lowest BCUT2D eigenvalue weighted by atomic mass is 10.1. The molecule has 1 N–H and O–H groups in total. The van der Waals surface area contributed by atoms with Gasteiger partial charge < -0.3 is 0 Å². The largest absolute Gasteiger partial charge is 0.240 e. The van der Waals surface area contributed by atoms with Gasteiger partial charge in [-0.2, -0.15) is 0 Å². The number of fused-ring (bicyclic) bond motifs is 1. The van der Waals surface area contributed by atoms with Gasteiger partial charge >= 0.3 is 0 Å². The summed E-state index contributed by atoms with van der Waals surface area (Å²) in [6.07, 6.45) is 1.41. The number of halogens is 2. The molecule has 0 fully saturated rings. The van der Waals surface area contributed by atoms with Crippen molar-refractivity contribution in [3.63, 3.8) is 0 Å². The van der Waals surface area contributed by atoms with E-state index < -0.39 is 10.0 Å². The lowest BCUT2D eigenvalue weighted by Crippen LogP contribution is -2.35. The third kappa shape index (κ3) is 3.09. The van der Waals surface area contributed by atoms with Crippen LogP contribution in [0, 0.1) is 0 Å². The van der Waals surface area contributed by atoms with Crippen LogP contribution in [-0.4, -0.2) is 14.5 Å². The Labute approximate surface area is 133 Å². The average molecular weight is 342 g/mol. The molecule has 0 heterocycles. The Balaban J connectivity index is 1.80. The quantitative estimate of drug-likeness (QED) is 0.929. The molecule has 1 aliphatic rings. The molecule has 0 spiro atoms. The van der Waals surface area contributed by atoms with Crippen LogP contribution in [0.2, 0.25) is 10.0 Å². The lowest BCUT2D eigenvalue weighted by molar-refractivity contribution is 0.555. The summed E-state index contributed by atoms with van der Waals surface area (Å²) in [6, 6.07) is 12.2. The molecule has 0 atom stereocenters. The molecule has 2 aromatic rings. The van der Waals surface area contributed by atoms with Crippen LogP contribution in [0.4, 0.5) is 0 Å². The van der Waals surface area contributed by atoms with Crippen LogP contribution in [0.5, 0.6) is 0 Å². The number of hydrogen-bond donors (Lipinski definition) is 1. The number of rotatable bonds is 3. The van der Waals surface area contributed by atoms with Gasteiger partial charge in [-0.05, 0) is 42.2 Å². The fraction of sp³-hybridized carbons (Fsp3) is 0.200. The molecule has 3 nitrogen and oxygen atoms in total. The Kier molecular flexibility index (Phi) is 3.97. The molecule has 0 unspecified atom stereocenters. The zero-order valence-corrected chi connectivity index (χ0v) is 13.3. The summed E-state index contributed by atoms with van der Waals surface area (Å²) in [4.78, 5) is 0.132. The van der Waals surface area contributed by atoms with Gasteiger partial charge in [0.25, 0.3) is 0 Å². The van der Waals surface area contributed by atoms with Crippen molar-refractivity contribution in [3.05, 3.63) is 63.6 Å². The first-order valence-corrected chi connectivity index (χ1v) is 8.74. The Morgan fingerprint density at radius 2 is 1.57 bits per heavy atom. The smallest absolute Gasteiger partial charge is 0.207 e. The molecule has 0 aliphatic heterocycles. The SMILES string of the molecule is O=S(=O)(NC1Cc2ccccc2C1)c1ccc(Cl)c(Cl)c1. The van der Waals surface area contributed by atoms with Crippen LogP contribution in [0.25, 0.3) is 0 Å². The standard InChI is InChI=1S/C15H13Cl2NO2S/c16-14-6-5-13(9-15(14)17)21(19,20)18-12-7-10-3-1-2-4-11(10)8-12/h1-6,9,12,18H,7-8H2. The minimum Gasteiger partial charge on any atom is -0.207 e. The third-order valence-electron chi connectivity index (χ3n) is 3.57. The van der Waals surface area contributed by atoms with Crippen molar-refractivity contribution in [1.29, 1.82) is 0 Å². The molecule has 0 amide bonds. The molecule has 0 saturated heterocycles. The van der Waals surface area contributed by atoms with E-state index in [1.807, 2.05) is 24.3 Å². The van der Waals surface area contributed by atoms with Gasteiger partial charge in [-0.25, -0.2) is 13.1 Å². The highest BCUT2D eigenvalue weighted by Crippen LogP contribution is 2.26. The highest BCUT2D eigenvalue weighted by Gasteiger charge is 2.26. The summed E-state index contributed by atoms with van der Waals surface area (Å²) in [7, 11) is -3.59. The van der Waals surface area contributed by atoms with Gasteiger partial charge in [0, 0.05) is 6.04 Å². The van der Waals surface area contributed by atoms with Crippen molar-refractivity contribution in [2.45, 2.75) is 23.8 Å². The zero-order valence-electron chi connectivity index (χ0n) is 11.0. The van der Waals surface area contributed by atoms with Crippen molar-refractivity contribution in [3.8, 4) is 0 Å². The number of benzene rings is 2. The van der Waals surface area contributed by atoms with Gasteiger partial charge in [0.1, 0.15) is 0 Å². The first-order chi connectivity index (χ1) is 9.95. The molecule has 1 aliphatic carbocycles. The zero-order chi connectivity index (χ0) is 15.0. The molecule has 0 saturated carbocycles. The Morgan fingerprint density at radius 3 is 2.14 bits per heavy atom. The van der Waals surface area contributed by atoms with Gasteiger partial charge in [-0.15, -0.1) is 0 Å². The van der Waals surface area contributed by atoms with Crippen LogP contribution >= 0.6 is 23.2 Å². The first kappa shape index (κ1) is 14.9. The molecule has 3 rings (SSSR count). The fourth-order valence-corrected chi connectivity index (χ4v) is 4.20. The topological polar surface area (TPSA) is 46.2 Å². The van der Waals surface area contributed by atoms with E-state index in [0.717, 1.165) is 0 Å². The second kappa shape index (κ2) is 5.61. The van der Waals surface area contributed by atoms with Crippen LogP contribution in [0.1, 0.15) is 11.1 Å². The fourth-order valence-electron chi connectivity index (χ4n) is 2.57. The number of hydrogen-bond acceptors (Lipinski definition) is 2. The van der Waals surface area contributed by atoms with E-state index in [9.17, 15) is 8.42 Å². The normalized spacial score (nSPS) is 15.1. The first-order valence-electron chi connectivity index (χ1n) is 6.50. The van der Waals surface area contributed by atoms with Gasteiger partial charge in [0.15, 0.2) is 0 Å². The third-order valence-corrected chi connectivity index (χ3v) is 5.83. The molecule has 0 radical (unpaired) electrons. The molecule has 0 aromatic heterocycles. The van der Waals surface area contributed by atoms with Gasteiger partial charge in [-0.3, -0.25) is 0 Å². The van der Waals surface area contributed by atoms with Crippen LogP contribution in [0.15, 0.2) is 47.4 Å². The Bertz CT molecular complexity index is 765. The second-order valence-electron chi connectivity index (χ2n) is 5.07. The number of nitrogens with one attached hydrogen (secondary N) is 1.